The van der Waals surface area contributed by atoms with Crippen molar-refractivity contribution in [1.82, 2.24) is 4.98 Å². The Labute approximate surface area is 138 Å². The number of ether oxygens (including phenoxy) is 1. The van der Waals surface area contributed by atoms with Gasteiger partial charge in [-0.1, -0.05) is 27.2 Å². The van der Waals surface area contributed by atoms with Gasteiger partial charge in [-0.15, -0.1) is 22.9 Å². The molecule has 1 heterocycles. The largest absolute Gasteiger partial charge is 0.378 e. The lowest BCUT2D eigenvalue weighted by Crippen LogP contribution is -2.34. The Hall–Kier alpha value is -0.120. The molecule has 1 fully saturated rings. The molecule has 3 atom stereocenters. The van der Waals surface area contributed by atoms with E-state index in [0.717, 1.165) is 42.9 Å². The molecule has 21 heavy (non-hydrogen) atoms. The van der Waals surface area contributed by atoms with Crippen LogP contribution in [-0.2, 0) is 17.0 Å². The average Bonchev–Trinajstić information content (AvgIpc) is 2.91. The van der Waals surface area contributed by atoms with Crippen molar-refractivity contribution in [2.24, 2.45) is 17.8 Å². The average molecular weight is 330 g/mol. The number of aromatic nitrogens is 1. The minimum atomic E-state index is 0.462. The van der Waals surface area contributed by atoms with Crippen LogP contribution in [0.3, 0.4) is 0 Å². The summed E-state index contributed by atoms with van der Waals surface area (Å²) in [5, 5.41) is 3.24. The smallest absolute Gasteiger partial charge is 0.0929 e. The number of nitrogens with zero attached hydrogens (tertiary/aromatic N) is 1. The van der Waals surface area contributed by atoms with Crippen molar-refractivity contribution in [1.29, 1.82) is 0 Å². The Bertz CT molecular complexity index is 421. The fourth-order valence-electron chi connectivity index (χ4n) is 3.29. The molecule has 1 aliphatic rings. The van der Waals surface area contributed by atoms with Gasteiger partial charge >= 0.3 is 0 Å². The quantitative estimate of drug-likeness (QED) is 0.500. The van der Waals surface area contributed by atoms with E-state index in [9.17, 15) is 0 Å². The van der Waals surface area contributed by atoms with E-state index in [-0.39, 0.29) is 0 Å². The maximum absolute atomic E-state index is 6.23. The Morgan fingerprint density at radius 3 is 2.90 bits per heavy atom. The summed E-state index contributed by atoms with van der Waals surface area (Å²) in [6.07, 6.45) is 6.46. The number of alkyl halides is 1. The Kier molecular flexibility index (Phi) is 6.97. The maximum Gasteiger partial charge on any atom is 0.0929 e. The zero-order chi connectivity index (χ0) is 15.2. The molecule has 0 aromatic carbocycles. The van der Waals surface area contributed by atoms with Crippen LogP contribution in [0.2, 0.25) is 0 Å². The summed E-state index contributed by atoms with van der Waals surface area (Å²) >= 11 is 7.50. The lowest BCUT2D eigenvalue weighted by molar-refractivity contribution is -0.0388. The minimum absolute atomic E-state index is 0.462. The van der Waals surface area contributed by atoms with E-state index >= 15 is 0 Å². The second kappa shape index (κ2) is 8.50. The number of hydrogen-bond acceptors (Lipinski definition) is 3. The topological polar surface area (TPSA) is 22.1 Å². The van der Waals surface area contributed by atoms with Crippen LogP contribution in [0.1, 0.15) is 57.2 Å². The van der Waals surface area contributed by atoms with Gasteiger partial charge in [0.05, 0.1) is 22.7 Å². The molecule has 2 rings (SSSR count). The first-order valence-electron chi connectivity index (χ1n) is 8.21. The number of halogens is 1. The lowest BCUT2D eigenvalue weighted by Gasteiger charge is -2.37. The highest BCUT2D eigenvalue weighted by Crippen LogP contribution is 2.35. The Morgan fingerprint density at radius 2 is 2.24 bits per heavy atom. The molecule has 0 radical (unpaired) electrons. The first kappa shape index (κ1) is 17.2. The molecule has 2 nitrogen and oxygen atoms in total. The second-order valence-electron chi connectivity index (χ2n) is 6.71. The summed E-state index contributed by atoms with van der Waals surface area (Å²) in [4.78, 5) is 4.50. The first-order valence-corrected chi connectivity index (χ1v) is 9.62. The van der Waals surface area contributed by atoms with Gasteiger partial charge in [-0.25, -0.2) is 4.98 Å². The van der Waals surface area contributed by atoms with Gasteiger partial charge in [-0.05, 0) is 37.0 Å². The molecule has 0 N–H and O–H groups in total. The molecule has 1 aliphatic carbocycles. The predicted molar refractivity (Wildman–Crippen MR) is 91.1 cm³/mol. The molecule has 1 aromatic rings. The second-order valence-corrected chi connectivity index (χ2v) is 7.92. The third-order valence-corrected chi connectivity index (χ3v) is 5.80. The van der Waals surface area contributed by atoms with Crippen LogP contribution in [0.4, 0.5) is 0 Å². The van der Waals surface area contributed by atoms with Gasteiger partial charge in [0, 0.05) is 18.4 Å². The van der Waals surface area contributed by atoms with Crippen LogP contribution in [0, 0.1) is 17.8 Å². The van der Waals surface area contributed by atoms with Crippen LogP contribution in [-0.4, -0.2) is 17.7 Å². The van der Waals surface area contributed by atoms with Gasteiger partial charge in [0.2, 0.25) is 0 Å². The van der Waals surface area contributed by atoms with Crippen molar-refractivity contribution in [3.05, 3.63) is 16.1 Å². The van der Waals surface area contributed by atoms with E-state index in [1.807, 2.05) is 0 Å². The number of rotatable bonds is 7. The molecule has 0 spiro atoms. The summed E-state index contributed by atoms with van der Waals surface area (Å²) < 4.78 is 6.23. The zero-order valence-corrected chi connectivity index (χ0v) is 15.1. The van der Waals surface area contributed by atoms with Crippen LogP contribution >= 0.6 is 22.9 Å². The molecule has 0 aliphatic heterocycles. The Morgan fingerprint density at radius 1 is 1.43 bits per heavy atom. The van der Waals surface area contributed by atoms with Gasteiger partial charge in [-0.3, -0.25) is 0 Å². The van der Waals surface area contributed by atoms with Crippen molar-refractivity contribution in [3.63, 3.8) is 0 Å². The number of hydrogen-bond donors (Lipinski definition) is 0. The molecule has 0 bridgehead atoms. The fourth-order valence-corrected chi connectivity index (χ4v) is 4.36. The molecular formula is C17H28ClNOS. The van der Waals surface area contributed by atoms with Crippen LogP contribution in [0.5, 0.6) is 0 Å². The highest BCUT2D eigenvalue weighted by Gasteiger charge is 2.31. The lowest BCUT2D eigenvalue weighted by atomic mass is 9.75. The van der Waals surface area contributed by atoms with E-state index in [4.69, 9.17) is 16.3 Å². The van der Waals surface area contributed by atoms with Gasteiger partial charge in [0.25, 0.3) is 0 Å². The summed E-state index contributed by atoms with van der Waals surface area (Å²) in [5.74, 6) is 2.80. The Balaban J connectivity index is 1.73. The molecule has 4 heteroatoms. The molecule has 0 amide bonds. The fraction of sp³-hybridized carbons (Fsp3) is 0.824. The number of aryl methyl sites for hydroxylation is 1. The van der Waals surface area contributed by atoms with Crippen molar-refractivity contribution >= 4 is 22.9 Å². The SMILES string of the molecule is CC1CCC(C(C)C)C(OCCCc2nc(CCl)cs2)C1. The van der Waals surface area contributed by atoms with Gasteiger partial charge < -0.3 is 4.74 Å². The summed E-state index contributed by atoms with van der Waals surface area (Å²) in [5.41, 5.74) is 0.999. The predicted octanol–water partition coefficient (Wildman–Crippen LogP) is 5.29. The van der Waals surface area contributed by atoms with E-state index in [1.54, 1.807) is 11.3 Å². The molecular weight excluding hydrogens is 302 g/mol. The van der Waals surface area contributed by atoms with Crippen molar-refractivity contribution in [2.75, 3.05) is 6.61 Å². The van der Waals surface area contributed by atoms with Crippen LogP contribution < -0.4 is 0 Å². The number of thiazole rings is 1. The minimum Gasteiger partial charge on any atom is -0.378 e. The first-order chi connectivity index (χ1) is 10.1. The van der Waals surface area contributed by atoms with E-state index in [2.05, 4.69) is 31.1 Å². The van der Waals surface area contributed by atoms with Crippen LogP contribution in [0.25, 0.3) is 0 Å². The summed E-state index contributed by atoms with van der Waals surface area (Å²) in [6.45, 7) is 7.88. The monoisotopic (exact) mass is 329 g/mol. The van der Waals surface area contributed by atoms with Gasteiger partial charge in [-0.2, -0.15) is 0 Å². The third-order valence-electron chi connectivity index (χ3n) is 4.56. The summed E-state index contributed by atoms with van der Waals surface area (Å²) in [6, 6.07) is 0. The molecule has 0 saturated heterocycles. The van der Waals surface area contributed by atoms with Crippen LogP contribution in [0.15, 0.2) is 5.38 Å². The van der Waals surface area contributed by atoms with E-state index in [1.165, 1.54) is 24.3 Å². The standard InChI is InChI=1S/C17H28ClNOS/c1-12(2)15-7-6-13(3)9-16(15)20-8-4-5-17-19-14(10-18)11-21-17/h11-13,15-16H,4-10H2,1-3H3. The molecule has 120 valence electrons. The van der Waals surface area contributed by atoms with Crippen molar-refractivity contribution < 1.29 is 4.74 Å². The summed E-state index contributed by atoms with van der Waals surface area (Å²) in [7, 11) is 0. The van der Waals surface area contributed by atoms with Crippen molar-refractivity contribution in [3.8, 4) is 0 Å². The highest BCUT2D eigenvalue weighted by molar-refractivity contribution is 7.09. The van der Waals surface area contributed by atoms with Gasteiger partial charge in [0.1, 0.15) is 0 Å². The maximum atomic E-state index is 6.23. The normalized spacial score (nSPS) is 26.4. The zero-order valence-electron chi connectivity index (χ0n) is 13.5. The third kappa shape index (κ3) is 5.22. The molecule has 1 saturated carbocycles. The highest BCUT2D eigenvalue weighted by atomic mass is 35.5. The van der Waals surface area contributed by atoms with E-state index < -0.39 is 0 Å². The van der Waals surface area contributed by atoms with Crippen molar-refractivity contribution in [2.45, 2.75) is 64.9 Å². The van der Waals surface area contributed by atoms with Gasteiger partial charge in [0.15, 0.2) is 0 Å². The van der Waals surface area contributed by atoms with E-state index in [0.29, 0.717) is 12.0 Å². The molecule has 1 aromatic heterocycles. The molecule has 3 unspecified atom stereocenters.